The van der Waals surface area contributed by atoms with Gasteiger partial charge in [-0.15, -0.1) is 0 Å². The summed E-state index contributed by atoms with van der Waals surface area (Å²) in [6, 6.07) is 0. The van der Waals surface area contributed by atoms with Crippen molar-refractivity contribution in [1.29, 1.82) is 0 Å². The Bertz CT molecular complexity index is 300. The largest absolute Gasteiger partial charge is 0.457 e. The van der Waals surface area contributed by atoms with Crippen molar-refractivity contribution in [1.82, 2.24) is 0 Å². The fourth-order valence-electron chi connectivity index (χ4n) is 2.39. The minimum Gasteiger partial charge on any atom is -0.457 e. The normalized spacial score (nSPS) is 47.2. The highest BCUT2D eigenvalue weighted by Gasteiger charge is 2.57. The highest BCUT2D eigenvalue weighted by Crippen LogP contribution is 2.41. The molecule has 3 aliphatic heterocycles. The standard InChI is InChI=1S/C10H14O5/c1-10(2)14-8-7-5(12-9(8)15-10)3-4-6(11)13-7/h5,7-9H,3-4H2,1-2H3. The van der Waals surface area contributed by atoms with Crippen LogP contribution in [0, 0.1) is 0 Å². The van der Waals surface area contributed by atoms with Crippen molar-refractivity contribution >= 4 is 5.97 Å². The van der Waals surface area contributed by atoms with Crippen LogP contribution in [0.25, 0.3) is 0 Å². The van der Waals surface area contributed by atoms with Gasteiger partial charge in [0.2, 0.25) is 0 Å². The molecule has 0 saturated carbocycles. The van der Waals surface area contributed by atoms with E-state index in [1.165, 1.54) is 0 Å². The van der Waals surface area contributed by atoms with Gasteiger partial charge in [-0.2, -0.15) is 0 Å². The molecule has 4 unspecified atom stereocenters. The van der Waals surface area contributed by atoms with Gasteiger partial charge in [0.05, 0.1) is 0 Å². The van der Waals surface area contributed by atoms with E-state index in [0.717, 1.165) is 0 Å². The molecule has 0 spiro atoms. The van der Waals surface area contributed by atoms with Crippen molar-refractivity contribution in [3.63, 3.8) is 0 Å². The fraction of sp³-hybridized carbons (Fsp3) is 0.900. The first kappa shape index (κ1) is 9.57. The van der Waals surface area contributed by atoms with Gasteiger partial charge in [0.15, 0.2) is 24.3 Å². The molecule has 0 aliphatic carbocycles. The highest BCUT2D eigenvalue weighted by molar-refractivity contribution is 5.70. The summed E-state index contributed by atoms with van der Waals surface area (Å²) in [7, 11) is 0. The Labute approximate surface area is 87.6 Å². The lowest BCUT2D eigenvalue weighted by molar-refractivity contribution is -0.224. The molecule has 84 valence electrons. The maximum Gasteiger partial charge on any atom is 0.306 e. The van der Waals surface area contributed by atoms with Gasteiger partial charge in [0.25, 0.3) is 0 Å². The van der Waals surface area contributed by atoms with Gasteiger partial charge in [0.1, 0.15) is 6.10 Å². The van der Waals surface area contributed by atoms with Gasteiger partial charge in [0, 0.05) is 6.42 Å². The summed E-state index contributed by atoms with van der Waals surface area (Å²) in [5, 5.41) is 0. The minimum atomic E-state index is -0.649. The van der Waals surface area contributed by atoms with Crippen LogP contribution in [0.15, 0.2) is 0 Å². The maximum atomic E-state index is 11.2. The maximum absolute atomic E-state index is 11.2. The van der Waals surface area contributed by atoms with Crippen LogP contribution >= 0.6 is 0 Å². The summed E-state index contributed by atoms with van der Waals surface area (Å²) in [6.07, 6.45) is 0.107. The molecular formula is C10H14O5. The first-order valence-electron chi connectivity index (χ1n) is 5.26. The zero-order valence-electron chi connectivity index (χ0n) is 8.76. The summed E-state index contributed by atoms with van der Waals surface area (Å²) < 4.78 is 22.1. The molecule has 0 aromatic carbocycles. The van der Waals surface area contributed by atoms with E-state index in [-0.39, 0.29) is 30.6 Å². The molecule has 0 N–H and O–H groups in total. The predicted octanol–water partition coefficient (Wildman–Crippen LogP) is 0.568. The molecule has 3 fully saturated rings. The molecule has 3 rings (SSSR count). The molecule has 0 aromatic rings. The summed E-state index contributed by atoms with van der Waals surface area (Å²) in [4.78, 5) is 11.2. The monoisotopic (exact) mass is 214 g/mol. The van der Waals surface area contributed by atoms with E-state index in [9.17, 15) is 4.79 Å². The molecule has 3 heterocycles. The van der Waals surface area contributed by atoms with Gasteiger partial charge in [-0.05, 0) is 20.3 Å². The summed E-state index contributed by atoms with van der Waals surface area (Å²) >= 11 is 0. The number of carbonyl (C=O) groups is 1. The number of hydrogen-bond donors (Lipinski definition) is 0. The molecule has 3 saturated heterocycles. The van der Waals surface area contributed by atoms with Crippen molar-refractivity contribution < 1.29 is 23.7 Å². The van der Waals surface area contributed by atoms with Gasteiger partial charge >= 0.3 is 5.97 Å². The molecule has 3 aliphatic rings. The lowest BCUT2D eigenvalue weighted by atomic mass is 10.0. The lowest BCUT2D eigenvalue weighted by Gasteiger charge is -2.28. The van der Waals surface area contributed by atoms with E-state index in [1.807, 2.05) is 13.8 Å². The first-order valence-corrected chi connectivity index (χ1v) is 5.26. The van der Waals surface area contributed by atoms with Crippen LogP contribution in [0.5, 0.6) is 0 Å². The van der Waals surface area contributed by atoms with Gasteiger partial charge in [-0.1, -0.05) is 0 Å². The Hall–Kier alpha value is -0.650. The third-order valence-electron chi connectivity index (χ3n) is 2.99. The van der Waals surface area contributed by atoms with E-state index in [4.69, 9.17) is 18.9 Å². The van der Waals surface area contributed by atoms with Crippen LogP contribution in [-0.4, -0.2) is 36.4 Å². The Balaban J connectivity index is 1.79. The SMILES string of the molecule is CC1(C)OC2OC3CCC(=O)OC3C2O1. The number of carbonyl (C=O) groups excluding carboxylic acids is 1. The third-order valence-corrected chi connectivity index (χ3v) is 2.99. The summed E-state index contributed by atoms with van der Waals surface area (Å²) in [5.41, 5.74) is 0. The topological polar surface area (TPSA) is 54.0 Å². The van der Waals surface area contributed by atoms with Crippen LogP contribution < -0.4 is 0 Å². The van der Waals surface area contributed by atoms with Crippen molar-refractivity contribution in [2.45, 2.75) is 57.1 Å². The first-order chi connectivity index (χ1) is 7.05. The molecule has 0 bridgehead atoms. The second-order valence-electron chi connectivity index (χ2n) is 4.64. The van der Waals surface area contributed by atoms with Crippen LogP contribution in [0.3, 0.4) is 0 Å². The van der Waals surface area contributed by atoms with Gasteiger partial charge < -0.3 is 18.9 Å². The Morgan fingerprint density at radius 3 is 2.87 bits per heavy atom. The molecule has 5 nitrogen and oxygen atoms in total. The number of hydrogen-bond acceptors (Lipinski definition) is 5. The molecule has 0 aromatic heterocycles. The molecular weight excluding hydrogens is 200 g/mol. The third kappa shape index (κ3) is 1.46. The molecule has 0 radical (unpaired) electrons. The van der Waals surface area contributed by atoms with E-state index in [1.54, 1.807) is 0 Å². The van der Waals surface area contributed by atoms with Crippen molar-refractivity contribution in [2.24, 2.45) is 0 Å². The number of esters is 1. The molecule has 4 atom stereocenters. The van der Waals surface area contributed by atoms with Crippen molar-refractivity contribution in [3.05, 3.63) is 0 Å². The average Bonchev–Trinajstić information content (AvgIpc) is 2.58. The Morgan fingerprint density at radius 2 is 2.07 bits per heavy atom. The van der Waals surface area contributed by atoms with Crippen LogP contribution in [0.4, 0.5) is 0 Å². The minimum absolute atomic E-state index is 0.0613. The van der Waals surface area contributed by atoms with Crippen LogP contribution in [0.2, 0.25) is 0 Å². The quantitative estimate of drug-likeness (QED) is 0.552. The second kappa shape index (κ2) is 2.93. The molecule has 15 heavy (non-hydrogen) atoms. The molecule has 0 amide bonds. The fourth-order valence-corrected chi connectivity index (χ4v) is 2.39. The van der Waals surface area contributed by atoms with E-state index < -0.39 is 5.79 Å². The van der Waals surface area contributed by atoms with Crippen LogP contribution in [0.1, 0.15) is 26.7 Å². The van der Waals surface area contributed by atoms with Crippen LogP contribution in [-0.2, 0) is 23.7 Å². The number of rotatable bonds is 0. The molecule has 5 heteroatoms. The zero-order chi connectivity index (χ0) is 10.6. The highest BCUT2D eigenvalue weighted by atomic mass is 16.8. The zero-order valence-corrected chi connectivity index (χ0v) is 8.76. The Morgan fingerprint density at radius 1 is 1.27 bits per heavy atom. The average molecular weight is 214 g/mol. The number of fused-ring (bicyclic) bond motifs is 3. The van der Waals surface area contributed by atoms with Crippen molar-refractivity contribution in [3.8, 4) is 0 Å². The Kier molecular flexibility index (Phi) is 1.87. The lowest BCUT2D eigenvalue weighted by Crippen LogP contribution is -2.41. The number of ether oxygens (including phenoxy) is 4. The van der Waals surface area contributed by atoms with E-state index in [2.05, 4.69) is 0 Å². The van der Waals surface area contributed by atoms with Gasteiger partial charge in [-0.3, -0.25) is 4.79 Å². The summed E-state index contributed by atoms with van der Waals surface area (Å²) in [5.74, 6) is -0.821. The van der Waals surface area contributed by atoms with Crippen molar-refractivity contribution in [2.75, 3.05) is 0 Å². The van der Waals surface area contributed by atoms with Gasteiger partial charge in [-0.25, -0.2) is 0 Å². The smallest absolute Gasteiger partial charge is 0.306 e. The predicted molar refractivity (Wildman–Crippen MR) is 47.8 cm³/mol. The second-order valence-corrected chi connectivity index (χ2v) is 4.64. The van der Waals surface area contributed by atoms with E-state index in [0.29, 0.717) is 12.8 Å². The summed E-state index contributed by atoms with van der Waals surface area (Å²) in [6.45, 7) is 3.66. The van der Waals surface area contributed by atoms with E-state index >= 15 is 0 Å².